The first-order valence-electron chi connectivity index (χ1n) is 9.98. The zero-order chi connectivity index (χ0) is 22.1. The van der Waals surface area contributed by atoms with Crippen LogP contribution >= 0.6 is 11.6 Å². The van der Waals surface area contributed by atoms with Gasteiger partial charge in [-0.1, -0.05) is 35.9 Å². The summed E-state index contributed by atoms with van der Waals surface area (Å²) in [5.41, 5.74) is 4.32. The van der Waals surface area contributed by atoms with Crippen LogP contribution in [-0.4, -0.2) is 24.3 Å². The third-order valence-corrected chi connectivity index (χ3v) is 5.62. The number of fused-ring (bicyclic) bond motifs is 1. The number of carbonyl (C=O) groups excluding carboxylic acids is 3. The van der Waals surface area contributed by atoms with Crippen molar-refractivity contribution >= 4 is 35.0 Å². The monoisotopic (exact) mass is 432 g/mol. The minimum atomic E-state index is -0.412. The lowest BCUT2D eigenvalue weighted by Gasteiger charge is -2.17. The molecule has 156 valence electrons. The number of nitrogens with zero attached hydrogens (tertiary/aromatic N) is 1. The van der Waals surface area contributed by atoms with Gasteiger partial charge in [0, 0.05) is 17.1 Å². The van der Waals surface area contributed by atoms with Gasteiger partial charge in [0.2, 0.25) is 0 Å². The highest BCUT2D eigenvalue weighted by atomic mass is 35.5. The van der Waals surface area contributed by atoms with Crippen LogP contribution in [0.3, 0.4) is 0 Å². The average molecular weight is 433 g/mol. The van der Waals surface area contributed by atoms with Crippen molar-refractivity contribution in [2.75, 3.05) is 11.4 Å². The number of nitrogens with one attached hydrogen (secondary N) is 1. The molecule has 0 fully saturated rings. The summed E-state index contributed by atoms with van der Waals surface area (Å²) < 4.78 is 0. The molecule has 0 radical (unpaired) electrons. The third-order valence-electron chi connectivity index (χ3n) is 5.37. The van der Waals surface area contributed by atoms with Gasteiger partial charge in [-0.3, -0.25) is 14.4 Å². The van der Waals surface area contributed by atoms with E-state index in [0.29, 0.717) is 34.8 Å². The summed E-state index contributed by atoms with van der Waals surface area (Å²) >= 11 is 5.89. The third kappa shape index (κ3) is 4.09. The lowest BCUT2D eigenvalue weighted by atomic mass is 10.1. The van der Waals surface area contributed by atoms with E-state index in [4.69, 9.17) is 11.6 Å². The summed E-state index contributed by atoms with van der Waals surface area (Å²) in [6, 6.07) is 17.7. The van der Waals surface area contributed by atoms with Crippen molar-refractivity contribution in [3.8, 4) is 0 Å². The summed E-state index contributed by atoms with van der Waals surface area (Å²) in [5.74, 6) is -1.07. The Hall–Kier alpha value is -3.44. The quantitative estimate of drug-likeness (QED) is 0.593. The van der Waals surface area contributed by atoms with Gasteiger partial charge < -0.3 is 5.32 Å². The molecule has 0 saturated carbocycles. The molecule has 31 heavy (non-hydrogen) atoms. The highest BCUT2D eigenvalue weighted by molar-refractivity contribution is 6.35. The van der Waals surface area contributed by atoms with E-state index in [9.17, 15) is 14.4 Å². The number of halogens is 1. The van der Waals surface area contributed by atoms with E-state index in [0.717, 1.165) is 16.7 Å². The molecular formula is C25H21ClN2O3. The molecule has 1 aliphatic rings. The van der Waals surface area contributed by atoms with E-state index >= 15 is 0 Å². The molecule has 3 aromatic carbocycles. The van der Waals surface area contributed by atoms with Gasteiger partial charge in [0.1, 0.15) is 0 Å². The van der Waals surface area contributed by atoms with Crippen LogP contribution in [0.1, 0.15) is 47.8 Å². The van der Waals surface area contributed by atoms with Crippen molar-refractivity contribution in [2.24, 2.45) is 0 Å². The van der Waals surface area contributed by atoms with Crippen molar-refractivity contribution in [1.29, 1.82) is 0 Å². The van der Waals surface area contributed by atoms with Crippen LogP contribution in [0.15, 0.2) is 60.7 Å². The molecule has 0 aliphatic carbocycles. The van der Waals surface area contributed by atoms with E-state index in [1.807, 2.05) is 56.3 Å². The molecule has 0 aromatic heterocycles. The molecule has 1 N–H and O–H groups in total. The second kappa shape index (κ2) is 8.36. The highest BCUT2D eigenvalue weighted by Crippen LogP contribution is 2.31. The van der Waals surface area contributed by atoms with Gasteiger partial charge >= 0.3 is 0 Å². The predicted molar refractivity (Wildman–Crippen MR) is 121 cm³/mol. The zero-order valence-electron chi connectivity index (χ0n) is 17.2. The van der Waals surface area contributed by atoms with Crippen LogP contribution in [0.2, 0.25) is 5.02 Å². The Morgan fingerprint density at radius 1 is 0.903 bits per heavy atom. The first-order chi connectivity index (χ1) is 14.8. The fourth-order valence-corrected chi connectivity index (χ4v) is 3.76. The largest absolute Gasteiger partial charge is 0.352 e. The van der Waals surface area contributed by atoms with Crippen LogP contribution < -0.4 is 10.2 Å². The number of hydrogen-bond acceptors (Lipinski definition) is 3. The van der Waals surface area contributed by atoms with Crippen LogP contribution in [0.5, 0.6) is 0 Å². The Balaban J connectivity index is 1.50. The number of carbonyl (C=O) groups is 3. The molecule has 0 saturated heterocycles. The molecule has 3 amide bonds. The SMILES string of the molecule is Cc1ccc(C)c(N2C(=O)c3ccc(C(=O)NCCc4ccc(Cl)cc4)cc3C2=O)c1. The molecular weight excluding hydrogens is 412 g/mol. The van der Waals surface area contributed by atoms with Crippen molar-refractivity contribution in [3.63, 3.8) is 0 Å². The van der Waals surface area contributed by atoms with E-state index in [-0.39, 0.29) is 17.4 Å². The van der Waals surface area contributed by atoms with E-state index in [1.54, 1.807) is 12.1 Å². The van der Waals surface area contributed by atoms with Crippen LogP contribution in [0.4, 0.5) is 5.69 Å². The zero-order valence-corrected chi connectivity index (χ0v) is 18.0. The first-order valence-corrected chi connectivity index (χ1v) is 10.4. The van der Waals surface area contributed by atoms with Gasteiger partial charge in [0.05, 0.1) is 16.8 Å². The summed E-state index contributed by atoms with van der Waals surface area (Å²) in [7, 11) is 0. The summed E-state index contributed by atoms with van der Waals surface area (Å²) in [4.78, 5) is 39.7. The molecule has 0 atom stereocenters. The number of benzene rings is 3. The smallest absolute Gasteiger partial charge is 0.266 e. The van der Waals surface area contributed by atoms with Crippen molar-refractivity contribution in [3.05, 3.63) is 99.1 Å². The standard InChI is InChI=1S/C25H21ClN2O3/c1-15-3-4-16(2)22(13-15)28-24(30)20-10-7-18(14-21(20)25(28)31)23(29)27-12-11-17-5-8-19(26)9-6-17/h3-10,13-14H,11-12H2,1-2H3,(H,27,29). The second-order valence-corrected chi connectivity index (χ2v) is 8.06. The van der Waals surface area contributed by atoms with Gasteiger partial charge in [-0.15, -0.1) is 0 Å². The molecule has 4 rings (SSSR count). The first kappa shape index (κ1) is 20.8. The molecule has 3 aromatic rings. The van der Waals surface area contributed by atoms with Gasteiger partial charge in [-0.05, 0) is 73.4 Å². The molecule has 0 spiro atoms. The minimum Gasteiger partial charge on any atom is -0.352 e. The van der Waals surface area contributed by atoms with Gasteiger partial charge in [-0.25, -0.2) is 4.90 Å². The van der Waals surface area contributed by atoms with Gasteiger partial charge in [0.15, 0.2) is 0 Å². The summed E-state index contributed by atoms with van der Waals surface area (Å²) in [6.45, 7) is 4.21. The Bertz CT molecular complexity index is 1200. The average Bonchev–Trinajstić information content (AvgIpc) is 3.01. The normalized spacial score (nSPS) is 12.8. The van der Waals surface area contributed by atoms with Crippen molar-refractivity contribution in [1.82, 2.24) is 5.32 Å². The molecule has 0 bridgehead atoms. The maximum atomic E-state index is 13.0. The van der Waals surface area contributed by atoms with E-state index < -0.39 is 5.91 Å². The minimum absolute atomic E-state index is 0.247. The van der Waals surface area contributed by atoms with Crippen LogP contribution in [-0.2, 0) is 6.42 Å². The van der Waals surface area contributed by atoms with Gasteiger partial charge in [-0.2, -0.15) is 0 Å². The van der Waals surface area contributed by atoms with Crippen molar-refractivity contribution < 1.29 is 14.4 Å². The number of imide groups is 1. The summed E-state index contributed by atoms with van der Waals surface area (Å²) in [6.07, 6.45) is 0.658. The maximum absolute atomic E-state index is 13.0. The Morgan fingerprint density at radius 3 is 2.35 bits per heavy atom. The lowest BCUT2D eigenvalue weighted by Crippen LogP contribution is -2.30. The van der Waals surface area contributed by atoms with Gasteiger partial charge in [0.25, 0.3) is 17.7 Å². The number of hydrogen-bond donors (Lipinski definition) is 1. The second-order valence-electron chi connectivity index (χ2n) is 7.63. The molecule has 1 aliphatic heterocycles. The lowest BCUT2D eigenvalue weighted by molar-refractivity contribution is 0.0923. The molecule has 1 heterocycles. The van der Waals surface area contributed by atoms with Crippen LogP contribution in [0, 0.1) is 13.8 Å². The topological polar surface area (TPSA) is 66.5 Å². The highest BCUT2D eigenvalue weighted by Gasteiger charge is 2.37. The predicted octanol–water partition coefficient (Wildman–Crippen LogP) is 4.73. The molecule has 0 unspecified atom stereocenters. The number of aryl methyl sites for hydroxylation is 2. The summed E-state index contributed by atoms with van der Waals surface area (Å²) in [5, 5.41) is 3.52. The van der Waals surface area contributed by atoms with Crippen molar-refractivity contribution in [2.45, 2.75) is 20.3 Å². The van der Waals surface area contributed by atoms with E-state index in [2.05, 4.69) is 5.32 Å². The Morgan fingerprint density at radius 2 is 1.61 bits per heavy atom. The molecule has 5 nitrogen and oxygen atoms in total. The Kier molecular flexibility index (Phi) is 5.61. The fraction of sp³-hybridized carbons (Fsp3) is 0.160. The maximum Gasteiger partial charge on any atom is 0.266 e. The number of amides is 3. The van der Waals surface area contributed by atoms with E-state index in [1.165, 1.54) is 11.0 Å². The van der Waals surface area contributed by atoms with Crippen LogP contribution in [0.25, 0.3) is 0 Å². The number of rotatable bonds is 5. The number of anilines is 1. The fourth-order valence-electron chi connectivity index (χ4n) is 3.63. The Labute approximate surface area is 185 Å². The molecule has 6 heteroatoms.